The van der Waals surface area contributed by atoms with E-state index in [0.29, 0.717) is 29.6 Å². The Kier molecular flexibility index (Phi) is 2.31. The highest BCUT2D eigenvalue weighted by Gasteiger charge is 2.74. The molecule has 0 spiro atoms. The van der Waals surface area contributed by atoms with Crippen LogP contribution < -0.4 is 0 Å². The van der Waals surface area contributed by atoms with E-state index < -0.39 is 11.6 Å². The van der Waals surface area contributed by atoms with Crippen LogP contribution in [0.5, 0.6) is 0 Å². The average Bonchev–Trinajstić information content (AvgIpc) is 3.11. The summed E-state index contributed by atoms with van der Waals surface area (Å²) in [5.74, 6) is 2.64. The van der Waals surface area contributed by atoms with E-state index in [4.69, 9.17) is 0 Å². The molecule has 5 rings (SSSR count). The average molecular weight is 305 g/mol. The number of hydrogen-bond acceptors (Lipinski definition) is 2. The van der Waals surface area contributed by atoms with Crippen LogP contribution in [0.4, 0.5) is 4.39 Å². The van der Waals surface area contributed by atoms with Crippen molar-refractivity contribution in [1.29, 1.82) is 0 Å². The Bertz CT molecular complexity index is 582. The lowest BCUT2D eigenvalue weighted by molar-refractivity contribution is -0.179. The number of alkyl halides is 1. The monoisotopic (exact) mass is 305 g/mol. The van der Waals surface area contributed by atoms with E-state index in [1.807, 2.05) is 20.8 Å². The van der Waals surface area contributed by atoms with Gasteiger partial charge in [0.15, 0.2) is 0 Å². The molecule has 4 aliphatic carbocycles. The maximum atomic E-state index is 14.1. The molecule has 120 valence electrons. The van der Waals surface area contributed by atoms with Gasteiger partial charge in [-0.2, -0.15) is 0 Å². The zero-order valence-corrected chi connectivity index (χ0v) is 13.5. The molecule has 0 N–H and O–H groups in total. The van der Waals surface area contributed by atoms with Crippen LogP contribution >= 0.6 is 0 Å². The lowest BCUT2D eigenvalue weighted by Gasteiger charge is -2.54. The highest BCUT2D eigenvalue weighted by atomic mass is 19.1. The summed E-state index contributed by atoms with van der Waals surface area (Å²) in [7, 11) is 0. The number of imide groups is 1. The second-order valence-electron chi connectivity index (χ2n) is 9.41. The summed E-state index contributed by atoms with van der Waals surface area (Å²) in [5, 5.41) is 0. The molecule has 4 bridgehead atoms. The Hall–Kier alpha value is -0.930. The van der Waals surface area contributed by atoms with Crippen LogP contribution in [0.1, 0.15) is 40.0 Å². The lowest BCUT2D eigenvalue weighted by Crippen LogP contribution is -2.69. The first kappa shape index (κ1) is 13.5. The molecule has 1 saturated heterocycles. The molecule has 22 heavy (non-hydrogen) atoms. The molecule has 4 heteroatoms. The molecule has 3 nitrogen and oxygen atoms in total. The van der Waals surface area contributed by atoms with Gasteiger partial charge in [-0.05, 0) is 54.8 Å². The van der Waals surface area contributed by atoms with Crippen LogP contribution in [0.15, 0.2) is 0 Å². The molecular formula is C18H24FNO2. The first-order valence-electron chi connectivity index (χ1n) is 8.82. The molecule has 5 aliphatic rings. The number of hydrogen-bond donors (Lipinski definition) is 0. The van der Waals surface area contributed by atoms with Gasteiger partial charge in [-0.1, -0.05) is 20.8 Å². The van der Waals surface area contributed by atoms with Gasteiger partial charge in [-0.25, -0.2) is 4.39 Å². The van der Waals surface area contributed by atoms with E-state index >= 15 is 0 Å². The molecule has 2 amide bonds. The van der Waals surface area contributed by atoms with Crippen LogP contribution in [0.3, 0.4) is 0 Å². The maximum Gasteiger partial charge on any atom is 0.234 e. The third kappa shape index (κ3) is 1.31. The Morgan fingerprint density at radius 2 is 1.82 bits per heavy atom. The van der Waals surface area contributed by atoms with Crippen molar-refractivity contribution >= 4 is 11.8 Å². The zero-order valence-electron chi connectivity index (χ0n) is 13.5. The van der Waals surface area contributed by atoms with Gasteiger partial charge in [0.1, 0.15) is 6.17 Å². The van der Waals surface area contributed by atoms with Gasteiger partial charge in [-0.3, -0.25) is 14.5 Å². The molecule has 4 saturated carbocycles. The summed E-state index contributed by atoms with van der Waals surface area (Å²) in [6.07, 6.45) is 2.19. The minimum Gasteiger partial charge on any atom is -0.278 e. The van der Waals surface area contributed by atoms with E-state index in [0.717, 1.165) is 19.3 Å². The number of β-lactam (4-membered cyclic amide) rings is 1. The van der Waals surface area contributed by atoms with Crippen LogP contribution in [-0.4, -0.2) is 28.9 Å². The van der Waals surface area contributed by atoms with Crippen LogP contribution in [0, 0.1) is 46.8 Å². The first-order valence-corrected chi connectivity index (χ1v) is 8.82. The van der Waals surface area contributed by atoms with E-state index in [9.17, 15) is 14.0 Å². The van der Waals surface area contributed by atoms with Crippen molar-refractivity contribution < 1.29 is 14.0 Å². The Labute approximate surface area is 130 Å². The molecule has 0 aromatic heterocycles. The number of rotatable bonds is 0. The van der Waals surface area contributed by atoms with Crippen LogP contribution in [-0.2, 0) is 9.59 Å². The summed E-state index contributed by atoms with van der Waals surface area (Å²) in [6.45, 7) is 5.66. The largest absolute Gasteiger partial charge is 0.278 e. The van der Waals surface area contributed by atoms with Crippen molar-refractivity contribution in [1.82, 2.24) is 4.90 Å². The Morgan fingerprint density at radius 3 is 2.50 bits per heavy atom. The fourth-order valence-electron chi connectivity index (χ4n) is 7.01. The van der Waals surface area contributed by atoms with Gasteiger partial charge in [-0.15, -0.1) is 0 Å². The van der Waals surface area contributed by atoms with Gasteiger partial charge in [0.2, 0.25) is 11.8 Å². The lowest BCUT2D eigenvalue weighted by atomic mass is 9.61. The van der Waals surface area contributed by atoms with Crippen molar-refractivity contribution in [2.24, 2.45) is 46.8 Å². The molecular weight excluding hydrogens is 281 g/mol. The number of amides is 2. The van der Waals surface area contributed by atoms with Gasteiger partial charge in [0.25, 0.3) is 0 Å². The molecule has 9 atom stereocenters. The zero-order chi connectivity index (χ0) is 15.5. The molecule has 1 aliphatic heterocycles. The summed E-state index contributed by atoms with van der Waals surface area (Å²) < 4.78 is 14.1. The molecule has 0 aromatic rings. The number of likely N-dealkylation sites (tertiary alicyclic amines) is 1. The topological polar surface area (TPSA) is 37.4 Å². The van der Waals surface area contributed by atoms with Gasteiger partial charge in [0.05, 0.1) is 12.0 Å². The number of fused-ring (bicyclic) bond motifs is 12. The maximum absolute atomic E-state index is 14.1. The van der Waals surface area contributed by atoms with Crippen molar-refractivity contribution in [3.63, 3.8) is 0 Å². The van der Waals surface area contributed by atoms with Gasteiger partial charge >= 0.3 is 0 Å². The van der Waals surface area contributed by atoms with Crippen LogP contribution in [0.2, 0.25) is 0 Å². The van der Waals surface area contributed by atoms with Crippen molar-refractivity contribution in [2.75, 3.05) is 0 Å². The van der Waals surface area contributed by atoms with E-state index in [1.165, 1.54) is 0 Å². The first-order chi connectivity index (χ1) is 10.3. The standard InChI is InChI=1S/C18H24FNO2/c1-18(2,3)17(22)20-15-10-6-9(14(15)16(20)21)13-8-4-7(12(10)13)5-11(8)19/h7-15H,4-6H2,1-3H3. The summed E-state index contributed by atoms with van der Waals surface area (Å²) >= 11 is 0. The van der Waals surface area contributed by atoms with Crippen molar-refractivity contribution in [2.45, 2.75) is 52.2 Å². The third-order valence-electron chi connectivity index (χ3n) is 7.53. The van der Waals surface area contributed by atoms with Crippen molar-refractivity contribution in [3.05, 3.63) is 0 Å². The summed E-state index contributed by atoms with van der Waals surface area (Å²) in [5.41, 5.74) is -0.499. The summed E-state index contributed by atoms with van der Waals surface area (Å²) in [6, 6.07) is 0.142. The predicted octanol–water partition coefficient (Wildman–Crippen LogP) is 2.65. The molecule has 0 aromatic carbocycles. The molecule has 0 radical (unpaired) electrons. The number of carbonyl (C=O) groups is 2. The normalized spacial score (nSPS) is 54.5. The quantitative estimate of drug-likeness (QED) is 0.510. The van der Waals surface area contributed by atoms with E-state index in [-0.39, 0.29) is 29.7 Å². The number of carbonyl (C=O) groups excluding carboxylic acids is 2. The van der Waals surface area contributed by atoms with E-state index in [1.54, 1.807) is 4.90 Å². The second-order valence-corrected chi connectivity index (χ2v) is 9.41. The minimum absolute atomic E-state index is 0.0191. The second kappa shape index (κ2) is 3.76. The third-order valence-corrected chi connectivity index (χ3v) is 7.53. The molecule has 1 heterocycles. The van der Waals surface area contributed by atoms with Crippen molar-refractivity contribution in [3.8, 4) is 0 Å². The highest BCUT2D eigenvalue weighted by Crippen LogP contribution is 2.72. The highest BCUT2D eigenvalue weighted by molar-refractivity contribution is 6.04. The Balaban J connectivity index is 1.47. The molecule has 9 unspecified atom stereocenters. The van der Waals surface area contributed by atoms with Crippen LogP contribution in [0.25, 0.3) is 0 Å². The minimum atomic E-state index is -0.633. The SMILES string of the molecule is CC(C)(C)C(=O)N1C(=O)C2C3CC(C4C5CC(F)C(C5)C34)C21. The van der Waals surface area contributed by atoms with E-state index in [2.05, 4.69) is 0 Å². The summed E-state index contributed by atoms with van der Waals surface area (Å²) in [4.78, 5) is 26.8. The predicted molar refractivity (Wildman–Crippen MR) is 78.3 cm³/mol. The van der Waals surface area contributed by atoms with Gasteiger partial charge in [0, 0.05) is 5.41 Å². The number of halogens is 1. The smallest absolute Gasteiger partial charge is 0.234 e. The fourth-order valence-corrected chi connectivity index (χ4v) is 7.01. The Morgan fingerprint density at radius 1 is 1.09 bits per heavy atom. The fraction of sp³-hybridized carbons (Fsp3) is 0.889. The van der Waals surface area contributed by atoms with Gasteiger partial charge < -0.3 is 0 Å². The number of nitrogens with zero attached hydrogens (tertiary/aromatic N) is 1. The molecule has 5 fully saturated rings.